The van der Waals surface area contributed by atoms with Crippen molar-refractivity contribution < 1.29 is 0 Å². The Morgan fingerprint density at radius 1 is 1.14 bits per heavy atom. The molecule has 1 N–H and O–H groups in total. The lowest BCUT2D eigenvalue weighted by molar-refractivity contribution is 0.372. The molecule has 0 amide bonds. The lowest BCUT2D eigenvalue weighted by Gasteiger charge is -2.37. The van der Waals surface area contributed by atoms with Gasteiger partial charge in [-0.3, -0.25) is 4.99 Å². The normalized spacial score (nSPS) is 19.8. The molecule has 0 aromatic heterocycles. The lowest BCUT2D eigenvalue weighted by atomic mass is 10.2. The van der Waals surface area contributed by atoms with Crippen molar-refractivity contribution in [2.45, 2.75) is 19.3 Å². The van der Waals surface area contributed by atoms with Crippen LogP contribution in [0.1, 0.15) is 19.3 Å². The first-order valence-corrected chi connectivity index (χ1v) is 8.12. The molecule has 1 saturated carbocycles. The number of nitrogens with one attached hydrogen (secondary N) is 1. The minimum atomic E-state index is 0.977. The molecule has 0 radical (unpaired) electrons. The molecule has 3 rings (SSSR count). The van der Waals surface area contributed by atoms with E-state index in [-0.39, 0.29) is 0 Å². The van der Waals surface area contributed by atoms with Gasteiger partial charge in [0.05, 0.1) is 0 Å². The van der Waals surface area contributed by atoms with Crippen LogP contribution in [0.15, 0.2) is 35.3 Å². The molecule has 1 aliphatic carbocycles. The van der Waals surface area contributed by atoms with Crippen LogP contribution < -0.4 is 10.2 Å². The van der Waals surface area contributed by atoms with E-state index in [0.29, 0.717) is 0 Å². The van der Waals surface area contributed by atoms with Gasteiger partial charge < -0.3 is 15.1 Å². The third-order valence-electron chi connectivity index (χ3n) is 4.44. The molecule has 1 aromatic rings. The summed E-state index contributed by atoms with van der Waals surface area (Å²) in [5.41, 5.74) is 1.33. The Morgan fingerprint density at radius 3 is 2.48 bits per heavy atom. The first kappa shape index (κ1) is 14.2. The summed E-state index contributed by atoms with van der Waals surface area (Å²) in [7, 11) is 1.89. The van der Waals surface area contributed by atoms with Crippen LogP contribution in [0.3, 0.4) is 0 Å². The van der Waals surface area contributed by atoms with E-state index < -0.39 is 0 Å². The van der Waals surface area contributed by atoms with Gasteiger partial charge >= 0.3 is 0 Å². The van der Waals surface area contributed by atoms with Crippen LogP contribution in [0, 0.1) is 5.92 Å². The Labute approximate surface area is 127 Å². The molecule has 0 unspecified atom stereocenters. The van der Waals surface area contributed by atoms with Crippen molar-refractivity contribution in [2.24, 2.45) is 10.9 Å². The molecule has 1 heterocycles. The molecule has 114 valence electrons. The first-order valence-electron chi connectivity index (χ1n) is 8.12. The second-order valence-corrected chi connectivity index (χ2v) is 6.02. The molecular formula is C17H26N4. The zero-order chi connectivity index (χ0) is 14.5. The highest BCUT2D eigenvalue weighted by atomic mass is 15.3. The summed E-state index contributed by atoms with van der Waals surface area (Å²) in [5, 5.41) is 3.52. The van der Waals surface area contributed by atoms with Crippen LogP contribution in [-0.2, 0) is 0 Å². The van der Waals surface area contributed by atoms with Crippen molar-refractivity contribution in [1.29, 1.82) is 0 Å². The van der Waals surface area contributed by atoms with Gasteiger partial charge in [-0.25, -0.2) is 0 Å². The number of anilines is 1. The fourth-order valence-electron chi connectivity index (χ4n) is 2.94. The average molecular weight is 286 g/mol. The number of piperazine rings is 1. The number of rotatable bonds is 4. The molecule has 4 nitrogen and oxygen atoms in total. The largest absolute Gasteiger partial charge is 0.368 e. The molecular weight excluding hydrogens is 260 g/mol. The lowest BCUT2D eigenvalue weighted by Crippen LogP contribution is -2.52. The van der Waals surface area contributed by atoms with Crippen LogP contribution in [0.5, 0.6) is 0 Å². The van der Waals surface area contributed by atoms with Gasteiger partial charge in [0.1, 0.15) is 0 Å². The number of benzene rings is 1. The van der Waals surface area contributed by atoms with Gasteiger partial charge in [0.2, 0.25) is 0 Å². The maximum atomic E-state index is 4.44. The van der Waals surface area contributed by atoms with Crippen molar-refractivity contribution >= 4 is 11.6 Å². The van der Waals surface area contributed by atoms with Crippen LogP contribution in [0.4, 0.5) is 5.69 Å². The summed E-state index contributed by atoms with van der Waals surface area (Å²) in [6, 6.07) is 10.7. The number of para-hydroxylation sites is 1. The van der Waals surface area contributed by atoms with E-state index in [1.54, 1.807) is 0 Å². The summed E-state index contributed by atoms with van der Waals surface area (Å²) < 4.78 is 0. The first-order chi connectivity index (χ1) is 10.4. The number of nitrogens with zero attached hydrogens (tertiary/aromatic N) is 3. The molecule has 1 aromatic carbocycles. The Bertz CT molecular complexity index is 459. The third kappa shape index (κ3) is 3.90. The minimum absolute atomic E-state index is 0.977. The summed E-state index contributed by atoms with van der Waals surface area (Å²) >= 11 is 0. The van der Waals surface area contributed by atoms with Gasteiger partial charge in [0.25, 0.3) is 0 Å². The number of guanidine groups is 1. The SMILES string of the molecule is CN=C(NCCC1CC1)N1CCN(c2ccccc2)CC1. The van der Waals surface area contributed by atoms with Gasteiger partial charge in [-0.2, -0.15) is 0 Å². The quantitative estimate of drug-likeness (QED) is 0.680. The molecule has 21 heavy (non-hydrogen) atoms. The second kappa shape index (κ2) is 6.83. The fraction of sp³-hybridized carbons (Fsp3) is 0.588. The standard InChI is InChI=1S/C17H26N4/c1-18-17(19-10-9-15-7-8-15)21-13-11-20(12-14-21)16-5-3-2-4-6-16/h2-6,15H,7-14H2,1H3,(H,18,19). The number of aliphatic imine (C=N–C) groups is 1. The average Bonchev–Trinajstić information content (AvgIpc) is 3.37. The summed E-state index contributed by atoms with van der Waals surface area (Å²) in [4.78, 5) is 9.27. The van der Waals surface area contributed by atoms with Gasteiger partial charge in [-0.15, -0.1) is 0 Å². The van der Waals surface area contributed by atoms with Gasteiger partial charge in [0.15, 0.2) is 5.96 Å². The molecule has 1 aliphatic heterocycles. The summed E-state index contributed by atoms with van der Waals surface area (Å²) in [6.45, 7) is 5.27. The van der Waals surface area contributed by atoms with E-state index in [2.05, 4.69) is 50.4 Å². The molecule has 4 heteroatoms. The Hall–Kier alpha value is -1.71. The van der Waals surface area contributed by atoms with Crippen molar-refractivity contribution in [3.8, 4) is 0 Å². The summed E-state index contributed by atoms with van der Waals surface area (Å²) in [5.74, 6) is 2.05. The predicted octanol–water partition coefficient (Wildman–Crippen LogP) is 2.18. The zero-order valence-electron chi connectivity index (χ0n) is 13.0. The van der Waals surface area contributed by atoms with E-state index in [0.717, 1.165) is 44.6 Å². The van der Waals surface area contributed by atoms with Crippen LogP contribution in [-0.4, -0.2) is 50.6 Å². The fourth-order valence-corrected chi connectivity index (χ4v) is 2.94. The molecule has 1 saturated heterocycles. The predicted molar refractivity (Wildman–Crippen MR) is 88.9 cm³/mol. The highest BCUT2D eigenvalue weighted by Gasteiger charge is 2.22. The maximum Gasteiger partial charge on any atom is 0.193 e. The Kier molecular flexibility index (Phi) is 4.63. The smallest absolute Gasteiger partial charge is 0.193 e. The van der Waals surface area contributed by atoms with E-state index in [4.69, 9.17) is 0 Å². The third-order valence-corrected chi connectivity index (χ3v) is 4.44. The van der Waals surface area contributed by atoms with Crippen molar-refractivity contribution in [2.75, 3.05) is 44.7 Å². The molecule has 2 aliphatic rings. The van der Waals surface area contributed by atoms with E-state index >= 15 is 0 Å². The second-order valence-electron chi connectivity index (χ2n) is 6.02. The number of hydrogen-bond acceptors (Lipinski definition) is 2. The highest BCUT2D eigenvalue weighted by molar-refractivity contribution is 5.80. The molecule has 0 atom stereocenters. The van der Waals surface area contributed by atoms with Gasteiger partial charge in [-0.05, 0) is 24.5 Å². The van der Waals surface area contributed by atoms with Crippen LogP contribution in [0.25, 0.3) is 0 Å². The van der Waals surface area contributed by atoms with Crippen LogP contribution >= 0.6 is 0 Å². The molecule has 0 spiro atoms. The zero-order valence-corrected chi connectivity index (χ0v) is 13.0. The topological polar surface area (TPSA) is 30.9 Å². The summed E-state index contributed by atoms with van der Waals surface area (Å²) in [6.07, 6.45) is 4.15. The van der Waals surface area contributed by atoms with Crippen LogP contribution in [0.2, 0.25) is 0 Å². The van der Waals surface area contributed by atoms with Crippen molar-refractivity contribution in [3.05, 3.63) is 30.3 Å². The van der Waals surface area contributed by atoms with Crippen molar-refractivity contribution in [3.63, 3.8) is 0 Å². The van der Waals surface area contributed by atoms with E-state index in [1.807, 2.05) is 7.05 Å². The number of hydrogen-bond donors (Lipinski definition) is 1. The Morgan fingerprint density at radius 2 is 1.86 bits per heavy atom. The van der Waals surface area contributed by atoms with E-state index in [9.17, 15) is 0 Å². The molecule has 0 bridgehead atoms. The minimum Gasteiger partial charge on any atom is -0.368 e. The maximum absolute atomic E-state index is 4.44. The van der Waals surface area contributed by atoms with Gasteiger partial charge in [0, 0.05) is 45.5 Å². The highest BCUT2D eigenvalue weighted by Crippen LogP contribution is 2.31. The monoisotopic (exact) mass is 286 g/mol. The van der Waals surface area contributed by atoms with Gasteiger partial charge in [-0.1, -0.05) is 31.0 Å². The molecule has 2 fully saturated rings. The Balaban J connectivity index is 1.47. The van der Waals surface area contributed by atoms with E-state index in [1.165, 1.54) is 24.9 Å². The van der Waals surface area contributed by atoms with Crippen molar-refractivity contribution in [1.82, 2.24) is 10.2 Å².